The van der Waals surface area contributed by atoms with E-state index in [1.165, 1.54) is 19.3 Å². The Morgan fingerprint density at radius 3 is 2.43 bits per heavy atom. The van der Waals surface area contributed by atoms with Gasteiger partial charge < -0.3 is 15.0 Å². The maximum Gasteiger partial charge on any atom is 0.287 e. The number of unbranched alkanes of at least 4 members (excludes halogenated alkanes) is 2. The number of nitrogens with one attached hydrogen (secondary N) is 1. The molecule has 4 saturated carbocycles. The summed E-state index contributed by atoms with van der Waals surface area (Å²) >= 11 is 0. The highest BCUT2D eigenvalue weighted by molar-refractivity contribution is 5.95. The summed E-state index contributed by atoms with van der Waals surface area (Å²) in [5.74, 6) is 2.98. The van der Waals surface area contributed by atoms with Crippen LogP contribution in [-0.4, -0.2) is 32.7 Å². The van der Waals surface area contributed by atoms with Gasteiger partial charge in [-0.25, -0.2) is 4.98 Å². The van der Waals surface area contributed by atoms with Crippen molar-refractivity contribution in [3.05, 3.63) is 30.1 Å². The first-order valence-electron chi connectivity index (χ1n) is 11.0. The van der Waals surface area contributed by atoms with E-state index < -0.39 is 0 Å². The van der Waals surface area contributed by atoms with Crippen LogP contribution in [0.3, 0.4) is 0 Å². The number of aliphatic hydroxyl groups excluding tert-OH is 1. The summed E-state index contributed by atoms with van der Waals surface area (Å²) in [6.45, 7) is 0.994. The molecule has 0 unspecified atom stereocenters. The lowest BCUT2D eigenvalue weighted by atomic mass is 9.53. The average molecular weight is 382 g/mol. The molecule has 4 aliphatic carbocycles. The van der Waals surface area contributed by atoms with E-state index >= 15 is 0 Å². The first kappa shape index (κ1) is 18.2. The van der Waals surface area contributed by atoms with Crippen molar-refractivity contribution in [1.82, 2.24) is 14.9 Å². The Labute approximate surface area is 166 Å². The maximum absolute atomic E-state index is 13.4. The van der Waals surface area contributed by atoms with Gasteiger partial charge in [0.2, 0.25) is 0 Å². The number of carbonyl (C=O) groups is 1. The van der Waals surface area contributed by atoms with Crippen LogP contribution in [0.5, 0.6) is 0 Å². The molecule has 5 heteroatoms. The molecule has 0 aliphatic heterocycles. The van der Waals surface area contributed by atoms with Gasteiger partial charge in [0.05, 0.1) is 11.0 Å². The molecule has 150 valence electrons. The number of rotatable bonds is 7. The summed E-state index contributed by atoms with van der Waals surface area (Å²) in [5.41, 5.74) is 1.92. The van der Waals surface area contributed by atoms with Gasteiger partial charge in [-0.05, 0) is 87.7 Å². The second-order valence-corrected chi connectivity index (χ2v) is 9.51. The fourth-order valence-corrected chi connectivity index (χ4v) is 6.59. The minimum absolute atomic E-state index is 0.000285. The van der Waals surface area contributed by atoms with E-state index in [0.29, 0.717) is 5.82 Å². The van der Waals surface area contributed by atoms with Crippen LogP contribution in [-0.2, 0) is 6.54 Å². The van der Waals surface area contributed by atoms with E-state index in [9.17, 15) is 4.79 Å². The summed E-state index contributed by atoms with van der Waals surface area (Å²) in [4.78, 5) is 18.1. The van der Waals surface area contributed by atoms with Crippen LogP contribution in [0.2, 0.25) is 0 Å². The van der Waals surface area contributed by atoms with Crippen molar-refractivity contribution in [3.8, 4) is 0 Å². The van der Waals surface area contributed by atoms with E-state index in [4.69, 9.17) is 10.1 Å². The molecule has 1 aromatic carbocycles. The van der Waals surface area contributed by atoms with Crippen LogP contribution in [0.15, 0.2) is 24.3 Å². The first-order valence-corrected chi connectivity index (χ1v) is 11.0. The van der Waals surface area contributed by atoms with Gasteiger partial charge in [-0.15, -0.1) is 0 Å². The normalized spacial score (nSPS) is 30.8. The van der Waals surface area contributed by atoms with E-state index in [2.05, 4.69) is 16.0 Å². The molecule has 4 fully saturated rings. The van der Waals surface area contributed by atoms with Crippen molar-refractivity contribution in [2.75, 3.05) is 6.61 Å². The quantitative estimate of drug-likeness (QED) is 0.715. The van der Waals surface area contributed by atoms with Crippen LogP contribution in [0.4, 0.5) is 0 Å². The van der Waals surface area contributed by atoms with Gasteiger partial charge in [-0.1, -0.05) is 12.1 Å². The first-order chi connectivity index (χ1) is 13.7. The number of aromatic nitrogens is 2. The van der Waals surface area contributed by atoms with Gasteiger partial charge in [0.25, 0.3) is 5.91 Å². The van der Waals surface area contributed by atoms with Crippen molar-refractivity contribution >= 4 is 16.9 Å². The average Bonchev–Trinajstić information content (AvgIpc) is 3.03. The molecule has 4 bridgehead atoms. The molecular weight excluding hydrogens is 350 g/mol. The number of nitrogens with zero attached hydrogens (tertiary/aromatic N) is 2. The molecular formula is C23H31N3O2. The van der Waals surface area contributed by atoms with Crippen LogP contribution in [0.25, 0.3) is 11.0 Å². The van der Waals surface area contributed by atoms with Gasteiger partial charge in [0.15, 0.2) is 5.82 Å². The summed E-state index contributed by atoms with van der Waals surface area (Å²) in [5, 5.41) is 12.5. The van der Waals surface area contributed by atoms with E-state index in [-0.39, 0.29) is 18.1 Å². The van der Waals surface area contributed by atoms with Gasteiger partial charge in [-0.2, -0.15) is 0 Å². The second-order valence-electron chi connectivity index (χ2n) is 9.51. The molecule has 5 nitrogen and oxygen atoms in total. The van der Waals surface area contributed by atoms with Crippen molar-refractivity contribution in [2.24, 2.45) is 17.8 Å². The molecule has 28 heavy (non-hydrogen) atoms. The van der Waals surface area contributed by atoms with Crippen LogP contribution < -0.4 is 5.32 Å². The van der Waals surface area contributed by atoms with Crippen LogP contribution in [0, 0.1) is 17.8 Å². The molecule has 1 amide bonds. The van der Waals surface area contributed by atoms with Crippen LogP contribution in [0.1, 0.15) is 68.4 Å². The molecule has 6 rings (SSSR count). The topological polar surface area (TPSA) is 67.2 Å². The Kier molecular flexibility index (Phi) is 4.66. The highest BCUT2D eigenvalue weighted by Gasteiger charge is 2.51. The zero-order valence-electron chi connectivity index (χ0n) is 16.6. The molecule has 2 N–H and O–H groups in total. The fraction of sp³-hybridized carbons (Fsp3) is 0.652. The predicted octanol–water partition coefficient (Wildman–Crippen LogP) is 3.90. The molecule has 1 aromatic heterocycles. The van der Waals surface area contributed by atoms with E-state index in [1.54, 1.807) is 0 Å². The van der Waals surface area contributed by atoms with E-state index in [0.717, 1.165) is 73.9 Å². The molecule has 0 saturated heterocycles. The standard InChI is InChI=1S/C23H31N3O2/c27-9-5-1-4-8-26-20-7-3-2-6-19(20)24-21(26)22(28)25-23-13-16-10-17(14-23)12-18(11-16)15-23/h2-3,6-7,16-18,27H,1,4-5,8-15H2,(H,25,28). The van der Waals surface area contributed by atoms with Crippen molar-refractivity contribution < 1.29 is 9.90 Å². The Bertz CT molecular complexity index is 837. The molecule has 0 radical (unpaired) electrons. The number of para-hydroxylation sites is 2. The number of aliphatic hydroxyl groups is 1. The summed E-state index contributed by atoms with van der Waals surface area (Å²) in [6, 6.07) is 8.03. The van der Waals surface area contributed by atoms with E-state index in [1.807, 2.05) is 18.2 Å². The minimum Gasteiger partial charge on any atom is -0.396 e. The highest BCUT2D eigenvalue weighted by atomic mass is 16.2. The number of aryl methyl sites for hydroxylation is 1. The summed E-state index contributed by atoms with van der Waals surface area (Å²) in [7, 11) is 0. The SMILES string of the molecule is O=C(NC12CC3CC(CC(C3)C1)C2)c1nc2ccccc2n1CCCCCO. The predicted molar refractivity (Wildman–Crippen MR) is 109 cm³/mol. The lowest BCUT2D eigenvalue weighted by molar-refractivity contribution is -0.0169. The van der Waals surface area contributed by atoms with Gasteiger partial charge >= 0.3 is 0 Å². The third-order valence-electron chi connectivity index (χ3n) is 7.31. The lowest BCUT2D eigenvalue weighted by Crippen LogP contribution is -2.60. The molecule has 1 heterocycles. The number of fused-ring (bicyclic) bond motifs is 1. The molecule has 4 aliphatic rings. The third kappa shape index (κ3) is 3.24. The maximum atomic E-state index is 13.4. The lowest BCUT2D eigenvalue weighted by Gasteiger charge is -2.56. The number of amides is 1. The molecule has 0 spiro atoms. The third-order valence-corrected chi connectivity index (χ3v) is 7.31. The number of imidazole rings is 1. The molecule has 2 aromatic rings. The Hall–Kier alpha value is -1.88. The summed E-state index contributed by atoms with van der Waals surface area (Å²) in [6.07, 6.45) is 10.3. The summed E-state index contributed by atoms with van der Waals surface area (Å²) < 4.78 is 2.09. The van der Waals surface area contributed by atoms with Gasteiger partial charge in [-0.3, -0.25) is 4.79 Å². The van der Waals surface area contributed by atoms with Crippen molar-refractivity contribution in [1.29, 1.82) is 0 Å². The largest absolute Gasteiger partial charge is 0.396 e. The monoisotopic (exact) mass is 381 g/mol. The zero-order chi connectivity index (χ0) is 19.1. The molecule has 0 atom stereocenters. The zero-order valence-corrected chi connectivity index (χ0v) is 16.6. The number of hydrogen-bond donors (Lipinski definition) is 2. The minimum atomic E-state index is 0.000285. The number of carbonyl (C=O) groups excluding carboxylic acids is 1. The smallest absolute Gasteiger partial charge is 0.287 e. The van der Waals surface area contributed by atoms with Crippen LogP contribution >= 0.6 is 0 Å². The highest BCUT2D eigenvalue weighted by Crippen LogP contribution is 2.55. The fourth-order valence-electron chi connectivity index (χ4n) is 6.59. The number of benzene rings is 1. The Morgan fingerprint density at radius 1 is 1.07 bits per heavy atom. The van der Waals surface area contributed by atoms with Gasteiger partial charge in [0, 0.05) is 18.7 Å². The Balaban J connectivity index is 1.40. The Morgan fingerprint density at radius 2 is 1.75 bits per heavy atom. The van der Waals surface area contributed by atoms with Crippen molar-refractivity contribution in [3.63, 3.8) is 0 Å². The number of hydrogen-bond acceptors (Lipinski definition) is 3. The van der Waals surface area contributed by atoms with Gasteiger partial charge in [0.1, 0.15) is 0 Å². The second kappa shape index (κ2) is 7.18. The van der Waals surface area contributed by atoms with Crippen molar-refractivity contribution in [2.45, 2.75) is 69.9 Å².